The van der Waals surface area contributed by atoms with Gasteiger partial charge in [-0.3, -0.25) is 14.8 Å². The molecular formula is C16H20F2N4O3. The van der Waals surface area contributed by atoms with E-state index in [-0.39, 0.29) is 24.0 Å². The molecule has 3 rings (SSSR count). The zero-order valence-electron chi connectivity index (χ0n) is 13.9. The van der Waals surface area contributed by atoms with Crippen molar-refractivity contribution < 1.29 is 18.8 Å². The Morgan fingerprint density at radius 1 is 1.28 bits per heavy atom. The normalized spacial score (nSPS) is 14.7. The molecule has 0 radical (unpaired) electrons. The summed E-state index contributed by atoms with van der Waals surface area (Å²) in [6, 6.07) is 1.81. The zero-order valence-corrected chi connectivity index (χ0v) is 13.9. The fourth-order valence-corrected chi connectivity index (χ4v) is 2.80. The highest BCUT2D eigenvalue weighted by atomic mass is 19.1. The van der Waals surface area contributed by atoms with Gasteiger partial charge in [0.25, 0.3) is 0 Å². The molecule has 0 atom stereocenters. The molecular weight excluding hydrogens is 334 g/mol. The summed E-state index contributed by atoms with van der Waals surface area (Å²) in [6.07, 6.45) is 6.22. The largest absolute Gasteiger partial charge is 0.397 e. The molecule has 7 nitrogen and oxygen atoms in total. The summed E-state index contributed by atoms with van der Waals surface area (Å²) < 4.78 is 28.6. The predicted molar refractivity (Wildman–Crippen MR) is 86.9 cm³/mol. The summed E-state index contributed by atoms with van der Waals surface area (Å²) in [7, 11) is 0. The molecule has 1 aliphatic carbocycles. The quantitative estimate of drug-likeness (QED) is 0.516. The third-order valence-electron chi connectivity index (χ3n) is 3.89. The Hall–Kier alpha value is -2.42. The second-order valence-corrected chi connectivity index (χ2v) is 5.67. The molecule has 25 heavy (non-hydrogen) atoms. The number of hydrogen-bond donors (Lipinski definition) is 1. The second-order valence-electron chi connectivity index (χ2n) is 5.67. The first-order valence-electron chi connectivity index (χ1n) is 8.14. The average molecular weight is 354 g/mol. The first kappa shape index (κ1) is 18.9. The topological polar surface area (TPSA) is 94.1 Å². The van der Waals surface area contributed by atoms with Gasteiger partial charge in [0, 0.05) is 6.61 Å². The molecule has 0 amide bonds. The van der Waals surface area contributed by atoms with E-state index in [0.717, 1.165) is 44.2 Å². The van der Waals surface area contributed by atoms with Crippen LogP contribution in [0.5, 0.6) is 0 Å². The molecule has 0 spiro atoms. The van der Waals surface area contributed by atoms with Crippen LogP contribution in [0.4, 0.5) is 14.5 Å². The van der Waals surface area contributed by atoms with Gasteiger partial charge < -0.3 is 5.11 Å². The molecule has 9 heteroatoms. The van der Waals surface area contributed by atoms with Crippen molar-refractivity contribution in [2.24, 2.45) is 0 Å². The van der Waals surface area contributed by atoms with Gasteiger partial charge >= 0.3 is 5.69 Å². The molecule has 0 bridgehead atoms. The SMILES string of the molecule is CCO.O=[N+]([O-])c1cn(C2CCCCC2)nc1-c1nc(F)ccc1F. The molecule has 2 aromatic rings. The van der Waals surface area contributed by atoms with Crippen LogP contribution in [0.25, 0.3) is 11.4 Å². The lowest BCUT2D eigenvalue weighted by Crippen LogP contribution is -2.13. The van der Waals surface area contributed by atoms with Gasteiger partial charge in [-0.15, -0.1) is 0 Å². The average Bonchev–Trinajstić information content (AvgIpc) is 3.04. The maximum atomic E-state index is 13.8. The fourth-order valence-electron chi connectivity index (χ4n) is 2.80. The van der Waals surface area contributed by atoms with Crippen LogP contribution < -0.4 is 0 Å². The van der Waals surface area contributed by atoms with Gasteiger partial charge in [0.05, 0.1) is 11.0 Å². The van der Waals surface area contributed by atoms with Crippen LogP contribution in [0, 0.1) is 21.9 Å². The van der Waals surface area contributed by atoms with E-state index in [9.17, 15) is 18.9 Å². The molecule has 1 fully saturated rings. The van der Waals surface area contributed by atoms with E-state index < -0.39 is 22.4 Å². The molecule has 1 N–H and O–H groups in total. The highest BCUT2D eigenvalue weighted by Crippen LogP contribution is 2.34. The van der Waals surface area contributed by atoms with Gasteiger partial charge in [-0.05, 0) is 31.9 Å². The number of aliphatic hydroxyl groups excluding tert-OH is 1. The van der Waals surface area contributed by atoms with Gasteiger partial charge in [-0.1, -0.05) is 19.3 Å². The van der Waals surface area contributed by atoms with Crippen molar-refractivity contribution in [2.45, 2.75) is 45.1 Å². The summed E-state index contributed by atoms with van der Waals surface area (Å²) in [5.41, 5.74) is -1.02. The van der Waals surface area contributed by atoms with E-state index >= 15 is 0 Å². The minimum absolute atomic E-state index is 0.0535. The Morgan fingerprint density at radius 3 is 2.52 bits per heavy atom. The Labute approximate surface area is 143 Å². The third kappa shape index (κ3) is 4.56. The smallest absolute Gasteiger partial charge is 0.316 e. The van der Waals surface area contributed by atoms with Crippen molar-refractivity contribution in [3.63, 3.8) is 0 Å². The number of hydrogen-bond acceptors (Lipinski definition) is 5. The monoisotopic (exact) mass is 354 g/mol. The van der Waals surface area contributed by atoms with Crippen LogP contribution in [0.2, 0.25) is 0 Å². The number of aromatic nitrogens is 3. The zero-order chi connectivity index (χ0) is 18.4. The Kier molecular flexibility index (Phi) is 6.51. The van der Waals surface area contributed by atoms with Gasteiger partial charge in [0.1, 0.15) is 11.9 Å². The summed E-state index contributed by atoms with van der Waals surface area (Å²) in [5, 5.41) is 22.9. The summed E-state index contributed by atoms with van der Waals surface area (Å²) in [4.78, 5) is 14.0. The van der Waals surface area contributed by atoms with Crippen LogP contribution in [-0.4, -0.2) is 31.4 Å². The molecule has 1 saturated carbocycles. The van der Waals surface area contributed by atoms with E-state index in [1.807, 2.05) is 0 Å². The number of aliphatic hydroxyl groups is 1. The number of rotatable bonds is 3. The highest BCUT2D eigenvalue weighted by molar-refractivity contribution is 5.66. The van der Waals surface area contributed by atoms with E-state index in [2.05, 4.69) is 10.1 Å². The maximum absolute atomic E-state index is 13.8. The van der Waals surface area contributed by atoms with Crippen molar-refractivity contribution in [2.75, 3.05) is 6.61 Å². The molecule has 2 aromatic heterocycles. The van der Waals surface area contributed by atoms with Crippen LogP contribution >= 0.6 is 0 Å². The van der Waals surface area contributed by atoms with E-state index in [1.165, 1.54) is 10.9 Å². The summed E-state index contributed by atoms with van der Waals surface area (Å²) in [6.45, 7) is 1.93. The minimum atomic E-state index is -0.905. The summed E-state index contributed by atoms with van der Waals surface area (Å²) >= 11 is 0. The molecule has 0 saturated heterocycles. The van der Waals surface area contributed by atoms with Gasteiger partial charge in [0.2, 0.25) is 5.95 Å². The molecule has 2 heterocycles. The third-order valence-corrected chi connectivity index (χ3v) is 3.89. The van der Waals surface area contributed by atoms with Crippen molar-refractivity contribution in [1.29, 1.82) is 0 Å². The fraction of sp³-hybridized carbons (Fsp3) is 0.500. The minimum Gasteiger partial charge on any atom is -0.397 e. The first-order valence-corrected chi connectivity index (χ1v) is 8.14. The van der Waals surface area contributed by atoms with Crippen molar-refractivity contribution in [3.05, 3.63) is 40.2 Å². The Morgan fingerprint density at radius 2 is 1.92 bits per heavy atom. The lowest BCUT2D eigenvalue weighted by atomic mass is 9.96. The standard InChI is InChI=1S/C14H14F2N4O2.C2H6O/c15-10-6-7-12(16)17-13(10)14-11(20(21)22)8-19(18-14)9-4-2-1-3-5-9;1-2-3/h6-9H,1-5H2;3H,2H2,1H3. The molecule has 0 aliphatic heterocycles. The van der Waals surface area contributed by atoms with Crippen LogP contribution in [0.3, 0.4) is 0 Å². The van der Waals surface area contributed by atoms with E-state index in [4.69, 9.17) is 5.11 Å². The van der Waals surface area contributed by atoms with Crippen LogP contribution in [-0.2, 0) is 0 Å². The van der Waals surface area contributed by atoms with E-state index in [0.29, 0.717) is 0 Å². The van der Waals surface area contributed by atoms with Gasteiger partial charge in [-0.25, -0.2) is 9.37 Å². The lowest BCUT2D eigenvalue weighted by molar-refractivity contribution is -0.384. The van der Waals surface area contributed by atoms with Gasteiger partial charge in [-0.2, -0.15) is 9.49 Å². The highest BCUT2D eigenvalue weighted by Gasteiger charge is 2.28. The Balaban J connectivity index is 0.000000701. The second kappa shape index (κ2) is 8.61. The van der Waals surface area contributed by atoms with Crippen molar-refractivity contribution in [1.82, 2.24) is 14.8 Å². The molecule has 136 valence electrons. The van der Waals surface area contributed by atoms with Crippen LogP contribution in [0.15, 0.2) is 18.3 Å². The van der Waals surface area contributed by atoms with Crippen LogP contribution in [0.1, 0.15) is 45.1 Å². The first-order chi connectivity index (χ1) is 12.0. The Bertz CT molecular complexity index is 730. The van der Waals surface area contributed by atoms with E-state index in [1.54, 1.807) is 6.92 Å². The molecule has 0 aromatic carbocycles. The molecule has 1 aliphatic rings. The van der Waals surface area contributed by atoms with Crippen molar-refractivity contribution in [3.8, 4) is 11.4 Å². The number of halogens is 2. The predicted octanol–water partition coefficient (Wildman–Crippen LogP) is 3.64. The molecule has 0 unspecified atom stereocenters. The summed E-state index contributed by atoms with van der Waals surface area (Å²) in [5.74, 6) is -1.74. The number of pyridine rings is 1. The van der Waals surface area contributed by atoms with Crippen molar-refractivity contribution >= 4 is 5.69 Å². The maximum Gasteiger partial charge on any atom is 0.316 e. The lowest BCUT2D eigenvalue weighted by Gasteiger charge is -2.21. The number of nitrogens with zero attached hydrogens (tertiary/aromatic N) is 4. The van der Waals surface area contributed by atoms with Gasteiger partial charge in [0.15, 0.2) is 11.5 Å². The number of nitro groups is 1.